The molecule has 0 unspecified atom stereocenters. The molecule has 21 heavy (non-hydrogen) atoms. The highest BCUT2D eigenvalue weighted by atomic mass is 16.1. The lowest BCUT2D eigenvalue weighted by atomic mass is 10.2. The number of anilines is 2. The summed E-state index contributed by atoms with van der Waals surface area (Å²) in [6.45, 7) is 4.17. The molecule has 0 atom stereocenters. The highest BCUT2D eigenvalue weighted by molar-refractivity contribution is 6.03. The highest BCUT2D eigenvalue weighted by Gasteiger charge is 2.15. The van der Waals surface area contributed by atoms with Crippen molar-refractivity contribution in [2.75, 3.05) is 43.4 Å². The average molecular weight is 284 g/mol. The highest BCUT2D eigenvalue weighted by Crippen LogP contribution is 2.21. The molecule has 2 N–H and O–H groups in total. The van der Waals surface area contributed by atoms with Gasteiger partial charge in [0.05, 0.1) is 0 Å². The second-order valence-corrected chi connectivity index (χ2v) is 5.38. The second kappa shape index (κ2) is 6.01. The number of nitrogens with one attached hydrogen (secondary N) is 2. The second-order valence-electron chi connectivity index (χ2n) is 5.38. The molecule has 1 saturated heterocycles. The third-order valence-corrected chi connectivity index (χ3v) is 3.82. The molecule has 0 saturated carbocycles. The van der Waals surface area contributed by atoms with Crippen LogP contribution in [0.15, 0.2) is 42.6 Å². The molecule has 0 spiro atoms. The van der Waals surface area contributed by atoms with Crippen molar-refractivity contribution < 1.29 is 4.79 Å². The lowest BCUT2D eigenvalue weighted by molar-refractivity contribution is 0.102. The Bertz CT molecular complexity index is 600. The monoisotopic (exact) mass is 284 g/mol. The van der Waals surface area contributed by atoms with Gasteiger partial charge in [-0.05, 0) is 37.4 Å². The molecule has 1 aromatic heterocycles. The lowest BCUT2D eigenvalue weighted by Gasteiger charge is -2.34. The Hall–Kier alpha value is -2.27. The maximum atomic E-state index is 12.0. The zero-order chi connectivity index (χ0) is 14.7. The number of carbonyl (C=O) groups is 1. The standard InChI is InChI=1S/C16H20N4O/c1-19-8-10-20(11-9-19)14-5-2-4-13(12-14)18-16(21)15-6-3-7-17-15/h2-7,12,17H,8-11H2,1H3,(H,18,21). The van der Waals surface area contributed by atoms with E-state index in [9.17, 15) is 4.79 Å². The van der Waals surface area contributed by atoms with Crippen LogP contribution >= 0.6 is 0 Å². The van der Waals surface area contributed by atoms with Crippen molar-refractivity contribution in [1.29, 1.82) is 0 Å². The number of aromatic amines is 1. The van der Waals surface area contributed by atoms with E-state index in [2.05, 4.69) is 33.2 Å². The molecular weight excluding hydrogens is 264 g/mol. The zero-order valence-corrected chi connectivity index (χ0v) is 12.2. The average Bonchev–Trinajstić information content (AvgIpc) is 3.02. The third kappa shape index (κ3) is 3.25. The number of nitrogens with zero attached hydrogens (tertiary/aromatic N) is 2. The van der Waals surface area contributed by atoms with E-state index in [1.807, 2.05) is 24.3 Å². The van der Waals surface area contributed by atoms with Gasteiger partial charge in [0.2, 0.25) is 0 Å². The first-order valence-electron chi connectivity index (χ1n) is 7.21. The van der Waals surface area contributed by atoms with Gasteiger partial charge in [0.25, 0.3) is 5.91 Å². The first-order valence-corrected chi connectivity index (χ1v) is 7.21. The number of carbonyl (C=O) groups excluding carboxylic acids is 1. The van der Waals surface area contributed by atoms with Crippen molar-refractivity contribution in [2.24, 2.45) is 0 Å². The van der Waals surface area contributed by atoms with E-state index < -0.39 is 0 Å². The van der Waals surface area contributed by atoms with Crippen LogP contribution < -0.4 is 10.2 Å². The van der Waals surface area contributed by atoms with Crippen LogP contribution in [0.1, 0.15) is 10.5 Å². The van der Waals surface area contributed by atoms with Crippen LogP contribution in [-0.4, -0.2) is 49.0 Å². The first kappa shape index (κ1) is 13.7. The fraction of sp³-hybridized carbons (Fsp3) is 0.312. The van der Waals surface area contributed by atoms with Crippen LogP contribution in [-0.2, 0) is 0 Å². The SMILES string of the molecule is CN1CCN(c2cccc(NC(=O)c3ccc[nH]3)c2)CC1. The summed E-state index contributed by atoms with van der Waals surface area (Å²) < 4.78 is 0. The van der Waals surface area contributed by atoms with Gasteiger partial charge in [-0.2, -0.15) is 0 Å². The van der Waals surface area contributed by atoms with Crippen LogP contribution in [0, 0.1) is 0 Å². The van der Waals surface area contributed by atoms with Gasteiger partial charge in [0, 0.05) is 43.8 Å². The summed E-state index contributed by atoms with van der Waals surface area (Å²) in [5.41, 5.74) is 2.55. The smallest absolute Gasteiger partial charge is 0.272 e. The predicted molar refractivity (Wildman–Crippen MR) is 84.9 cm³/mol. The van der Waals surface area contributed by atoms with E-state index in [0.29, 0.717) is 5.69 Å². The zero-order valence-electron chi connectivity index (χ0n) is 12.2. The molecule has 2 aromatic rings. The Morgan fingerprint density at radius 2 is 1.95 bits per heavy atom. The number of likely N-dealkylation sites (N-methyl/N-ethyl adjacent to an activating group) is 1. The molecule has 5 nitrogen and oxygen atoms in total. The molecule has 5 heteroatoms. The Labute approximate surface area is 124 Å². The Kier molecular flexibility index (Phi) is 3.92. The first-order chi connectivity index (χ1) is 10.2. The molecule has 1 fully saturated rings. The van der Waals surface area contributed by atoms with Gasteiger partial charge in [0.15, 0.2) is 0 Å². The number of hydrogen-bond donors (Lipinski definition) is 2. The summed E-state index contributed by atoms with van der Waals surface area (Å²) in [5.74, 6) is -0.115. The number of hydrogen-bond acceptors (Lipinski definition) is 3. The van der Waals surface area contributed by atoms with Gasteiger partial charge >= 0.3 is 0 Å². The van der Waals surface area contributed by atoms with Crippen molar-refractivity contribution in [2.45, 2.75) is 0 Å². The maximum Gasteiger partial charge on any atom is 0.272 e. The number of amides is 1. The summed E-state index contributed by atoms with van der Waals surface area (Å²) in [4.78, 5) is 19.6. The molecule has 1 aliphatic rings. The fourth-order valence-electron chi connectivity index (χ4n) is 2.52. The minimum absolute atomic E-state index is 0.115. The number of piperazine rings is 1. The van der Waals surface area contributed by atoms with Crippen LogP contribution in [0.3, 0.4) is 0 Å². The number of rotatable bonds is 3. The molecule has 0 bridgehead atoms. The summed E-state index contributed by atoms with van der Waals surface area (Å²) in [6, 6.07) is 11.6. The van der Waals surface area contributed by atoms with Gasteiger partial charge < -0.3 is 20.1 Å². The van der Waals surface area contributed by atoms with Crippen molar-refractivity contribution in [3.8, 4) is 0 Å². The van der Waals surface area contributed by atoms with Crippen LogP contribution in [0.4, 0.5) is 11.4 Å². The minimum Gasteiger partial charge on any atom is -0.369 e. The molecule has 3 rings (SSSR count). The van der Waals surface area contributed by atoms with Crippen molar-refractivity contribution >= 4 is 17.3 Å². The van der Waals surface area contributed by atoms with Gasteiger partial charge in [-0.3, -0.25) is 4.79 Å². The Morgan fingerprint density at radius 3 is 2.67 bits per heavy atom. The quantitative estimate of drug-likeness (QED) is 0.906. The van der Waals surface area contributed by atoms with Crippen molar-refractivity contribution in [1.82, 2.24) is 9.88 Å². The van der Waals surface area contributed by atoms with E-state index in [1.54, 1.807) is 12.3 Å². The van der Waals surface area contributed by atoms with E-state index >= 15 is 0 Å². The van der Waals surface area contributed by atoms with Gasteiger partial charge in [-0.15, -0.1) is 0 Å². The van der Waals surface area contributed by atoms with Crippen LogP contribution in [0.2, 0.25) is 0 Å². The number of benzene rings is 1. The van der Waals surface area contributed by atoms with Crippen LogP contribution in [0.25, 0.3) is 0 Å². The number of aromatic nitrogens is 1. The largest absolute Gasteiger partial charge is 0.369 e. The van der Waals surface area contributed by atoms with E-state index in [1.165, 1.54) is 0 Å². The summed E-state index contributed by atoms with van der Waals surface area (Å²) in [7, 11) is 2.14. The van der Waals surface area contributed by atoms with Gasteiger partial charge in [0.1, 0.15) is 5.69 Å². The van der Waals surface area contributed by atoms with E-state index in [4.69, 9.17) is 0 Å². The Morgan fingerprint density at radius 1 is 1.14 bits per heavy atom. The van der Waals surface area contributed by atoms with E-state index in [0.717, 1.165) is 37.6 Å². The topological polar surface area (TPSA) is 51.4 Å². The summed E-state index contributed by atoms with van der Waals surface area (Å²) in [5, 5.41) is 2.93. The summed E-state index contributed by atoms with van der Waals surface area (Å²) >= 11 is 0. The van der Waals surface area contributed by atoms with Crippen LogP contribution in [0.5, 0.6) is 0 Å². The fourth-order valence-corrected chi connectivity index (χ4v) is 2.52. The normalized spacial score (nSPS) is 16.0. The molecule has 1 aliphatic heterocycles. The molecule has 0 aliphatic carbocycles. The third-order valence-electron chi connectivity index (χ3n) is 3.82. The molecule has 1 amide bonds. The lowest BCUT2D eigenvalue weighted by Crippen LogP contribution is -2.44. The molecule has 110 valence electrons. The number of H-pyrrole nitrogens is 1. The van der Waals surface area contributed by atoms with Gasteiger partial charge in [-0.25, -0.2) is 0 Å². The predicted octanol–water partition coefficient (Wildman–Crippen LogP) is 2.02. The maximum absolute atomic E-state index is 12.0. The molecule has 2 heterocycles. The summed E-state index contributed by atoms with van der Waals surface area (Å²) in [6.07, 6.45) is 1.75. The van der Waals surface area contributed by atoms with E-state index in [-0.39, 0.29) is 5.91 Å². The van der Waals surface area contributed by atoms with Crippen molar-refractivity contribution in [3.05, 3.63) is 48.3 Å². The molecule has 1 aromatic carbocycles. The minimum atomic E-state index is -0.115. The van der Waals surface area contributed by atoms with Gasteiger partial charge in [-0.1, -0.05) is 6.07 Å². The molecular formula is C16H20N4O. The Balaban J connectivity index is 1.70. The molecule has 0 radical (unpaired) electrons. The van der Waals surface area contributed by atoms with Crippen molar-refractivity contribution in [3.63, 3.8) is 0 Å².